The number of morpholine rings is 1. The Morgan fingerprint density at radius 3 is 2.67 bits per heavy atom. The Kier molecular flexibility index (Phi) is 4.53. The molecule has 2 N–H and O–H groups in total. The van der Waals surface area contributed by atoms with Crippen LogP contribution in [0.15, 0.2) is 21.5 Å². The summed E-state index contributed by atoms with van der Waals surface area (Å²) in [5, 5.41) is 0. The number of hydrogen-bond acceptors (Lipinski definition) is 5. The van der Waals surface area contributed by atoms with E-state index in [1.165, 1.54) is 17.5 Å². The van der Waals surface area contributed by atoms with Crippen LogP contribution in [0.2, 0.25) is 0 Å². The molecule has 2 rings (SSSR count). The summed E-state index contributed by atoms with van der Waals surface area (Å²) in [7, 11) is -2.29. The van der Waals surface area contributed by atoms with Crippen LogP contribution in [0, 0.1) is 0 Å². The standard InChI is InChI=1S/C13H19BrN2O4S/c1-13(2)8-20-5-4-16(13)21(17,18)12-7-10(15)9(14)6-11(12)19-3/h6-7H,4-5,8,15H2,1-3H3. The summed E-state index contributed by atoms with van der Waals surface area (Å²) in [6, 6.07) is 2.99. The Morgan fingerprint density at radius 1 is 1.43 bits per heavy atom. The average molecular weight is 379 g/mol. The third-order valence-corrected chi connectivity index (χ3v) is 6.24. The summed E-state index contributed by atoms with van der Waals surface area (Å²) in [6.07, 6.45) is 0. The second-order valence-corrected chi connectivity index (χ2v) is 8.15. The first-order chi connectivity index (χ1) is 9.70. The van der Waals surface area contributed by atoms with Gasteiger partial charge >= 0.3 is 0 Å². The van der Waals surface area contributed by atoms with E-state index >= 15 is 0 Å². The minimum absolute atomic E-state index is 0.0701. The van der Waals surface area contributed by atoms with Gasteiger partial charge in [-0.1, -0.05) is 0 Å². The number of benzene rings is 1. The zero-order chi connectivity index (χ0) is 15.8. The first-order valence-electron chi connectivity index (χ1n) is 6.44. The third kappa shape index (κ3) is 3.03. The van der Waals surface area contributed by atoms with Gasteiger partial charge in [0.25, 0.3) is 0 Å². The lowest BCUT2D eigenvalue weighted by atomic mass is 10.1. The number of rotatable bonds is 3. The number of methoxy groups -OCH3 is 1. The van der Waals surface area contributed by atoms with Crippen molar-refractivity contribution < 1.29 is 17.9 Å². The van der Waals surface area contributed by atoms with Gasteiger partial charge in [0.1, 0.15) is 10.6 Å². The molecule has 118 valence electrons. The fourth-order valence-electron chi connectivity index (χ4n) is 2.32. The highest BCUT2D eigenvalue weighted by Gasteiger charge is 2.41. The van der Waals surface area contributed by atoms with Crippen LogP contribution in [0.5, 0.6) is 5.75 Å². The van der Waals surface area contributed by atoms with Crippen LogP contribution < -0.4 is 10.5 Å². The molecule has 0 aliphatic carbocycles. The van der Waals surface area contributed by atoms with Crippen LogP contribution in [-0.2, 0) is 14.8 Å². The predicted molar refractivity (Wildman–Crippen MR) is 83.9 cm³/mol. The second kappa shape index (κ2) is 5.75. The van der Waals surface area contributed by atoms with Crippen LogP contribution in [0.3, 0.4) is 0 Å². The largest absolute Gasteiger partial charge is 0.495 e. The van der Waals surface area contributed by atoms with E-state index in [1.807, 2.05) is 13.8 Å². The molecule has 0 spiro atoms. The number of anilines is 1. The monoisotopic (exact) mass is 378 g/mol. The Labute approximate surface area is 133 Å². The van der Waals surface area contributed by atoms with Gasteiger partial charge in [-0.2, -0.15) is 4.31 Å². The van der Waals surface area contributed by atoms with Crippen LogP contribution in [-0.4, -0.2) is 45.1 Å². The number of nitrogens with two attached hydrogens (primary N) is 1. The smallest absolute Gasteiger partial charge is 0.247 e. The molecular weight excluding hydrogens is 360 g/mol. The van der Waals surface area contributed by atoms with E-state index in [4.69, 9.17) is 15.2 Å². The molecule has 1 saturated heterocycles. The molecular formula is C13H19BrN2O4S. The quantitative estimate of drug-likeness (QED) is 0.811. The normalized spacial score (nSPS) is 19.4. The van der Waals surface area contributed by atoms with Gasteiger partial charge in [-0.3, -0.25) is 0 Å². The lowest BCUT2D eigenvalue weighted by molar-refractivity contribution is -0.00775. The Balaban J connectivity index is 2.56. The molecule has 21 heavy (non-hydrogen) atoms. The summed E-state index contributed by atoms with van der Waals surface area (Å²) in [5.41, 5.74) is 5.55. The topological polar surface area (TPSA) is 81.9 Å². The van der Waals surface area contributed by atoms with Crippen molar-refractivity contribution in [3.05, 3.63) is 16.6 Å². The van der Waals surface area contributed by atoms with E-state index in [2.05, 4.69) is 15.9 Å². The van der Waals surface area contributed by atoms with E-state index < -0.39 is 15.6 Å². The predicted octanol–water partition coefficient (Wildman–Crippen LogP) is 1.84. The summed E-state index contributed by atoms with van der Waals surface area (Å²) in [4.78, 5) is 0.0701. The van der Waals surface area contributed by atoms with Gasteiger partial charge < -0.3 is 15.2 Å². The van der Waals surface area contributed by atoms with Gasteiger partial charge in [0.05, 0.1) is 25.9 Å². The zero-order valence-corrected chi connectivity index (χ0v) is 14.6. The molecule has 0 bridgehead atoms. The molecule has 1 aliphatic heterocycles. The molecule has 1 fully saturated rings. The Morgan fingerprint density at radius 2 is 2.10 bits per heavy atom. The van der Waals surface area contributed by atoms with Gasteiger partial charge in [-0.25, -0.2) is 8.42 Å². The maximum atomic E-state index is 13.0. The number of nitrogen functional groups attached to an aromatic ring is 1. The van der Waals surface area contributed by atoms with E-state index in [0.717, 1.165) is 0 Å². The summed E-state index contributed by atoms with van der Waals surface area (Å²) < 4.78 is 38.5. The molecule has 1 aromatic rings. The molecule has 1 heterocycles. The molecule has 1 aliphatic rings. The minimum Gasteiger partial charge on any atom is -0.495 e. The van der Waals surface area contributed by atoms with Crippen molar-refractivity contribution >= 4 is 31.6 Å². The molecule has 0 saturated carbocycles. The average Bonchev–Trinajstić information content (AvgIpc) is 2.40. The number of nitrogens with zero attached hydrogens (tertiary/aromatic N) is 1. The van der Waals surface area contributed by atoms with Gasteiger partial charge in [0, 0.05) is 16.7 Å². The highest BCUT2D eigenvalue weighted by molar-refractivity contribution is 9.10. The van der Waals surface area contributed by atoms with E-state index in [0.29, 0.717) is 29.9 Å². The van der Waals surface area contributed by atoms with Crippen LogP contribution in [0.1, 0.15) is 13.8 Å². The minimum atomic E-state index is -3.72. The maximum Gasteiger partial charge on any atom is 0.247 e. The number of halogens is 1. The fraction of sp³-hybridized carbons (Fsp3) is 0.538. The first kappa shape index (κ1) is 16.5. The van der Waals surface area contributed by atoms with Crippen molar-refractivity contribution in [3.8, 4) is 5.75 Å². The molecule has 1 aromatic carbocycles. The Bertz CT molecular complexity index is 646. The highest BCUT2D eigenvalue weighted by atomic mass is 79.9. The summed E-state index contributed by atoms with van der Waals surface area (Å²) >= 11 is 3.27. The third-order valence-electron chi connectivity index (χ3n) is 3.42. The highest BCUT2D eigenvalue weighted by Crippen LogP contribution is 2.36. The van der Waals surface area contributed by atoms with E-state index in [1.54, 1.807) is 6.07 Å². The van der Waals surface area contributed by atoms with Crippen molar-refractivity contribution in [1.82, 2.24) is 4.31 Å². The van der Waals surface area contributed by atoms with Gasteiger partial charge in [0.2, 0.25) is 10.0 Å². The van der Waals surface area contributed by atoms with Crippen molar-refractivity contribution in [1.29, 1.82) is 0 Å². The second-order valence-electron chi connectivity index (χ2n) is 5.47. The van der Waals surface area contributed by atoms with E-state index in [-0.39, 0.29) is 10.6 Å². The van der Waals surface area contributed by atoms with Crippen LogP contribution in [0.25, 0.3) is 0 Å². The molecule has 0 aromatic heterocycles. The molecule has 0 radical (unpaired) electrons. The lowest BCUT2D eigenvalue weighted by Crippen LogP contribution is -2.55. The van der Waals surface area contributed by atoms with Crippen molar-refractivity contribution in [2.75, 3.05) is 32.6 Å². The first-order valence-corrected chi connectivity index (χ1v) is 8.67. The molecule has 8 heteroatoms. The zero-order valence-electron chi connectivity index (χ0n) is 12.2. The van der Waals surface area contributed by atoms with Gasteiger partial charge in [0.15, 0.2) is 0 Å². The van der Waals surface area contributed by atoms with Crippen molar-refractivity contribution in [3.63, 3.8) is 0 Å². The van der Waals surface area contributed by atoms with Gasteiger partial charge in [-0.05, 0) is 41.9 Å². The molecule has 6 nitrogen and oxygen atoms in total. The van der Waals surface area contributed by atoms with Gasteiger partial charge in [-0.15, -0.1) is 0 Å². The van der Waals surface area contributed by atoms with Crippen molar-refractivity contribution in [2.24, 2.45) is 0 Å². The molecule has 0 atom stereocenters. The summed E-state index contributed by atoms with van der Waals surface area (Å²) in [6.45, 7) is 4.68. The lowest BCUT2D eigenvalue weighted by Gasteiger charge is -2.40. The van der Waals surface area contributed by atoms with Crippen LogP contribution >= 0.6 is 15.9 Å². The van der Waals surface area contributed by atoms with Crippen LogP contribution in [0.4, 0.5) is 5.69 Å². The maximum absolute atomic E-state index is 13.0. The fourth-order valence-corrected chi connectivity index (χ4v) is 4.57. The SMILES string of the molecule is COc1cc(Br)c(N)cc1S(=O)(=O)N1CCOCC1(C)C. The van der Waals surface area contributed by atoms with Crippen molar-refractivity contribution in [2.45, 2.75) is 24.3 Å². The molecule has 0 amide bonds. The van der Waals surface area contributed by atoms with E-state index in [9.17, 15) is 8.42 Å². The molecule has 0 unspecified atom stereocenters. The number of ether oxygens (including phenoxy) is 2. The summed E-state index contributed by atoms with van der Waals surface area (Å²) in [5.74, 6) is 0.262. The number of hydrogen-bond donors (Lipinski definition) is 1. The Hall–Kier alpha value is -0.830. The number of sulfonamides is 1.